The van der Waals surface area contributed by atoms with Crippen molar-refractivity contribution in [2.24, 2.45) is 0 Å². The summed E-state index contributed by atoms with van der Waals surface area (Å²) in [7, 11) is 0. The summed E-state index contributed by atoms with van der Waals surface area (Å²) >= 11 is 0. The molecule has 1 fully saturated rings. The van der Waals surface area contributed by atoms with Crippen LogP contribution in [0.4, 0.5) is 0 Å². The molecule has 4 heteroatoms. The predicted molar refractivity (Wildman–Crippen MR) is 57.5 cm³/mol. The van der Waals surface area contributed by atoms with Crippen molar-refractivity contribution >= 4 is 0 Å². The van der Waals surface area contributed by atoms with Crippen molar-refractivity contribution in [2.75, 3.05) is 19.6 Å². The van der Waals surface area contributed by atoms with Gasteiger partial charge in [-0.1, -0.05) is 0 Å². The Morgan fingerprint density at radius 2 is 2.27 bits per heavy atom. The van der Waals surface area contributed by atoms with Crippen molar-refractivity contribution in [1.29, 1.82) is 0 Å². The van der Waals surface area contributed by atoms with E-state index in [2.05, 4.69) is 10.6 Å². The third kappa shape index (κ3) is 3.06. The molecule has 1 aliphatic rings. The fourth-order valence-electron chi connectivity index (χ4n) is 1.90. The summed E-state index contributed by atoms with van der Waals surface area (Å²) in [5.74, 6) is 0.910. The van der Waals surface area contributed by atoms with Gasteiger partial charge >= 0.3 is 0 Å². The van der Waals surface area contributed by atoms with E-state index in [-0.39, 0.29) is 0 Å². The van der Waals surface area contributed by atoms with Gasteiger partial charge < -0.3 is 20.2 Å². The molecule has 15 heavy (non-hydrogen) atoms. The van der Waals surface area contributed by atoms with Gasteiger partial charge in [0, 0.05) is 6.54 Å². The van der Waals surface area contributed by atoms with Gasteiger partial charge in [-0.05, 0) is 38.1 Å². The first-order chi connectivity index (χ1) is 7.29. The van der Waals surface area contributed by atoms with Gasteiger partial charge in [0.2, 0.25) is 0 Å². The maximum atomic E-state index is 10.2. The molecule has 0 unspecified atom stereocenters. The minimum Gasteiger partial charge on any atom is -0.468 e. The molecule has 3 N–H and O–H groups in total. The Kier molecular flexibility index (Phi) is 3.41. The summed E-state index contributed by atoms with van der Waals surface area (Å²) < 4.78 is 5.20. The van der Waals surface area contributed by atoms with E-state index in [1.807, 2.05) is 12.1 Å². The van der Waals surface area contributed by atoms with E-state index in [0.717, 1.165) is 31.7 Å². The summed E-state index contributed by atoms with van der Waals surface area (Å²) in [6.45, 7) is 3.12. The second-order valence-electron chi connectivity index (χ2n) is 4.16. The number of rotatable bonds is 4. The Morgan fingerprint density at radius 1 is 1.47 bits per heavy atom. The molecule has 1 aliphatic heterocycles. The van der Waals surface area contributed by atoms with Crippen molar-refractivity contribution in [3.63, 3.8) is 0 Å². The highest BCUT2D eigenvalue weighted by molar-refractivity contribution is 4.98. The van der Waals surface area contributed by atoms with E-state index in [0.29, 0.717) is 13.1 Å². The molecule has 0 aliphatic carbocycles. The van der Waals surface area contributed by atoms with E-state index in [9.17, 15) is 5.11 Å². The summed E-state index contributed by atoms with van der Waals surface area (Å²) in [5, 5.41) is 16.6. The minimum atomic E-state index is -0.544. The average Bonchev–Trinajstić information content (AvgIpc) is 2.71. The van der Waals surface area contributed by atoms with Crippen molar-refractivity contribution in [1.82, 2.24) is 10.6 Å². The van der Waals surface area contributed by atoms with Gasteiger partial charge in [-0.3, -0.25) is 0 Å². The van der Waals surface area contributed by atoms with Crippen molar-refractivity contribution in [3.05, 3.63) is 24.2 Å². The van der Waals surface area contributed by atoms with E-state index < -0.39 is 5.60 Å². The molecule has 0 saturated carbocycles. The average molecular weight is 210 g/mol. The molecule has 0 radical (unpaired) electrons. The predicted octanol–water partition coefficient (Wildman–Crippen LogP) is 0.484. The number of piperidine rings is 1. The first-order valence-electron chi connectivity index (χ1n) is 5.45. The maximum Gasteiger partial charge on any atom is 0.117 e. The Hall–Kier alpha value is -0.840. The molecule has 84 valence electrons. The molecular formula is C11H18N2O2. The van der Waals surface area contributed by atoms with Crippen LogP contribution in [-0.2, 0) is 6.54 Å². The van der Waals surface area contributed by atoms with Crippen molar-refractivity contribution in [3.8, 4) is 0 Å². The SMILES string of the molecule is OC1(CNCc2ccco2)CCNCC1. The Labute approximate surface area is 89.7 Å². The van der Waals surface area contributed by atoms with Crippen LogP contribution in [0.15, 0.2) is 22.8 Å². The van der Waals surface area contributed by atoms with Crippen LogP contribution >= 0.6 is 0 Å². The lowest BCUT2D eigenvalue weighted by atomic mass is 9.92. The Bertz CT molecular complexity index is 279. The lowest BCUT2D eigenvalue weighted by Crippen LogP contribution is -2.48. The molecule has 2 rings (SSSR count). The molecule has 2 heterocycles. The van der Waals surface area contributed by atoms with Gasteiger partial charge in [0.15, 0.2) is 0 Å². The molecular weight excluding hydrogens is 192 g/mol. The lowest BCUT2D eigenvalue weighted by Gasteiger charge is -2.32. The van der Waals surface area contributed by atoms with Gasteiger partial charge in [0.25, 0.3) is 0 Å². The molecule has 4 nitrogen and oxygen atoms in total. The third-order valence-corrected chi connectivity index (χ3v) is 2.87. The molecule has 1 aromatic heterocycles. The van der Waals surface area contributed by atoms with Gasteiger partial charge in [0.1, 0.15) is 5.76 Å². The first kappa shape index (κ1) is 10.7. The molecule has 0 amide bonds. The summed E-state index contributed by atoms with van der Waals surface area (Å²) in [6, 6.07) is 3.80. The second kappa shape index (κ2) is 4.79. The van der Waals surface area contributed by atoms with Crippen LogP contribution in [0.5, 0.6) is 0 Å². The zero-order chi connectivity index (χ0) is 10.6. The van der Waals surface area contributed by atoms with E-state index in [1.54, 1.807) is 6.26 Å². The van der Waals surface area contributed by atoms with Crippen LogP contribution in [0, 0.1) is 0 Å². The highest BCUT2D eigenvalue weighted by Gasteiger charge is 2.28. The quantitative estimate of drug-likeness (QED) is 0.676. The second-order valence-corrected chi connectivity index (χ2v) is 4.16. The van der Waals surface area contributed by atoms with E-state index in [1.165, 1.54) is 0 Å². The first-order valence-corrected chi connectivity index (χ1v) is 5.45. The summed E-state index contributed by atoms with van der Waals surface area (Å²) in [6.07, 6.45) is 3.30. The van der Waals surface area contributed by atoms with Gasteiger partial charge in [0.05, 0.1) is 18.4 Å². The Morgan fingerprint density at radius 3 is 2.93 bits per heavy atom. The molecule has 0 aromatic carbocycles. The monoisotopic (exact) mass is 210 g/mol. The van der Waals surface area contributed by atoms with E-state index >= 15 is 0 Å². The number of hydrogen-bond acceptors (Lipinski definition) is 4. The minimum absolute atomic E-state index is 0.544. The zero-order valence-corrected chi connectivity index (χ0v) is 8.83. The van der Waals surface area contributed by atoms with Gasteiger partial charge in [-0.2, -0.15) is 0 Å². The van der Waals surface area contributed by atoms with Crippen LogP contribution in [0.1, 0.15) is 18.6 Å². The number of nitrogens with one attached hydrogen (secondary N) is 2. The van der Waals surface area contributed by atoms with Crippen LogP contribution < -0.4 is 10.6 Å². The molecule has 0 spiro atoms. The van der Waals surface area contributed by atoms with Gasteiger partial charge in [-0.25, -0.2) is 0 Å². The fraction of sp³-hybridized carbons (Fsp3) is 0.636. The maximum absolute atomic E-state index is 10.2. The van der Waals surface area contributed by atoms with E-state index in [4.69, 9.17) is 4.42 Å². The topological polar surface area (TPSA) is 57.4 Å². The molecule has 0 atom stereocenters. The fourth-order valence-corrected chi connectivity index (χ4v) is 1.90. The highest BCUT2D eigenvalue weighted by Crippen LogP contribution is 2.16. The summed E-state index contributed by atoms with van der Waals surface area (Å²) in [5.41, 5.74) is -0.544. The standard InChI is InChI=1S/C11H18N2O2/c14-11(3-5-12-6-4-11)9-13-8-10-2-1-7-15-10/h1-2,7,12-14H,3-6,8-9H2. The lowest BCUT2D eigenvalue weighted by molar-refractivity contribution is 0.0106. The smallest absolute Gasteiger partial charge is 0.117 e. The molecule has 1 saturated heterocycles. The van der Waals surface area contributed by atoms with Crippen LogP contribution in [0.25, 0.3) is 0 Å². The third-order valence-electron chi connectivity index (χ3n) is 2.87. The van der Waals surface area contributed by atoms with Crippen molar-refractivity contribution < 1.29 is 9.52 Å². The highest BCUT2D eigenvalue weighted by atomic mass is 16.3. The molecule has 0 bridgehead atoms. The van der Waals surface area contributed by atoms with Crippen LogP contribution in [0.3, 0.4) is 0 Å². The zero-order valence-electron chi connectivity index (χ0n) is 8.83. The number of aliphatic hydroxyl groups is 1. The molecule has 1 aromatic rings. The van der Waals surface area contributed by atoms with Crippen LogP contribution in [-0.4, -0.2) is 30.3 Å². The normalized spacial score (nSPS) is 20.3. The van der Waals surface area contributed by atoms with Crippen molar-refractivity contribution in [2.45, 2.75) is 25.0 Å². The van der Waals surface area contributed by atoms with Crippen LogP contribution in [0.2, 0.25) is 0 Å². The number of hydrogen-bond donors (Lipinski definition) is 3. The number of furan rings is 1. The largest absolute Gasteiger partial charge is 0.468 e. The summed E-state index contributed by atoms with van der Waals surface area (Å²) in [4.78, 5) is 0. The van der Waals surface area contributed by atoms with Gasteiger partial charge in [-0.15, -0.1) is 0 Å². The Balaban J connectivity index is 1.72.